The normalized spacial score (nSPS) is 19.0. The number of carbonyl (C=O) groups is 2. The second kappa shape index (κ2) is 29.1. The van der Waals surface area contributed by atoms with E-state index in [2.05, 4.69) is 13.8 Å². The average Bonchev–Trinajstić information content (AvgIpc) is 3.03. The Hall–Kier alpha value is -1.06. The smallest absolute Gasteiger partial charge is 0.312 e. The fourth-order valence-electron chi connectivity index (χ4n) is 7.48. The van der Waals surface area contributed by atoms with Gasteiger partial charge in [-0.3, -0.25) is 9.59 Å². The fourth-order valence-corrected chi connectivity index (χ4v) is 7.48. The molecule has 0 aromatic carbocycles. The monoisotopic (exact) mass is 635 g/mol. The van der Waals surface area contributed by atoms with Gasteiger partial charge in [0.15, 0.2) is 0 Å². The summed E-state index contributed by atoms with van der Waals surface area (Å²) in [5.74, 6) is -1.70. The SMILES string of the molecule is CCCCCCCCCCCCCCCCCC(CCCCCCCCCCCCCC)OC(=O)C1(C)CCCCC1C(=O)O. The first kappa shape index (κ1) is 42.0. The Morgan fingerprint density at radius 2 is 0.911 bits per heavy atom. The van der Waals surface area contributed by atoms with E-state index in [1.807, 2.05) is 6.92 Å². The van der Waals surface area contributed by atoms with Crippen molar-refractivity contribution in [1.82, 2.24) is 0 Å². The molecule has 1 N–H and O–H groups in total. The van der Waals surface area contributed by atoms with Crippen molar-refractivity contribution >= 4 is 11.9 Å². The standard InChI is InChI=1S/C41H78O4/c1-4-6-8-10-12-14-16-18-19-20-22-24-26-28-30-34-37(33-29-27-25-23-21-17-15-13-11-9-7-5-2)45-40(44)41(3)36-32-31-35-38(41)39(42)43/h37-38H,4-36H2,1-3H3,(H,42,43). The second-order valence-electron chi connectivity index (χ2n) is 15.0. The van der Waals surface area contributed by atoms with Crippen molar-refractivity contribution in [3.8, 4) is 0 Å². The Balaban J connectivity index is 2.30. The van der Waals surface area contributed by atoms with Gasteiger partial charge in [-0.2, -0.15) is 0 Å². The number of carboxylic acids is 1. The molecule has 1 fully saturated rings. The van der Waals surface area contributed by atoms with Crippen LogP contribution in [0.1, 0.15) is 233 Å². The van der Waals surface area contributed by atoms with Crippen LogP contribution in [-0.2, 0) is 14.3 Å². The Labute approximate surface area is 281 Å². The Kier molecular flexibility index (Phi) is 27.1. The predicted molar refractivity (Wildman–Crippen MR) is 193 cm³/mol. The summed E-state index contributed by atoms with van der Waals surface area (Å²) >= 11 is 0. The van der Waals surface area contributed by atoms with Crippen molar-refractivity contribution in [2.45, 2.75) is 239 Å². The van der Waals surface area contributed by atoms with Crippen LogP contribution in [0, 0.1) is 11.3 Å². The van der Waals surface area contributed by atoms with Crippen molar-refractivity contribution in [1.29, 1.82) is 0 Å². The minimum Gasteiger partial charge on any atom is -0.481 e. The van der Waals surface area contributed by atoms with Gasteiger partial charge in [0.05, 0.1) is 11.3 Å². The van der Waals surface area contributed by atoms with Gasteiger partial charge in [-0.15, -0.1) is 0 Å². The highest BCUT2D eigenvalue weighted by molar-refractivity contribution is 5.84. The number of esters is 1. The van der Waals surface area contributed by atoms with Gasteiger partial charge >= 0.3 is 11.9 Å². The van der Waals surface area contributed by atoms with Crippen LogP contribution in [0.2, 0.25) is 0 Å². The molecular weight excluding hydrogens is 556 g/mol. The minimum absolute atomic E-state index is 0.0595. The van der Waals surface area contributed by atoms with Gasteiger partial charge in [0.2, 0.25) is 0 Å². The van der Waals surface area contributed by atoms with Crippen LogP contribution in [0.4, 0.5) is 0 Å². The molecule has 0 spiro atoms. The van der Waals surface area contributed by atoms with Crippen LogP contribution in [0.5, 0.6) is 0 Å². The third-order valence-electron chi connectivity index (χ3n) is 10.8. The number of carboxylic acid groups (broad SMARTS) is 1. The highest BCUT2D eigenvalue weighted by Crippen LogP contribution is 2.43. The average molecular weight is 635 g/mol. The Morgan fingerprint density at radius 1 is 0.578 bits per heavy atom. The van der Waals surface area contributed by atoms with Gasteiger partial charge in [-0.1, -0.05) is 187 Å². The van der Waals surface area contributed by atoms with E-state index in [9.17, 15) is 14.7 Å². The van der Waals surface area contributed by atoms with Crippen LogP contribution < -0.4 is 0 Å². The first-order valence-electron chi connectivity index (χ1n) is 20.4. The molecule has 0 aromatic heterocycles. The molecule has 3 unspecified atom stereocenters. The van der Waals surface area contributed by atoms with Crippen molar-refractivity contribution in [3.05, 3.63) is 0 Å². The fraction of sp³-hybridized carbons (Fsp3) is 0.951. The summed E-state index contributed by atoms with van der Waals surface area (Å²) in [6, 6.07) is 0. The number of carbonyl (C=O) groups excluding carboxylic acids is 1. The van der Waals surface area contributed by atoms with Crippen LogP contribution in [0.15, 0.2) is 0 Å². The molecule has 0 saturated heterocycles. The number of hydrogen-bond acceptors (Lipinski definition) is 3. The van der Waals surface area contributed by atoms with Crippen molar-refractivity contribution in [2.24, 2.45) is 11.3 Å². The lowest BCUT2D eigenvalue weighted by Crippen LogP contribution is -2.44. The first-order chi connectivity index (χ1) is 22.0. The number of rotatable bonds is 32. The summed E-state index contributed by atoms with van der Waals surface area (Å²) in [7, 11) is 0. The lowest BCUT2D eigenvalue weighted by Gasteiger charge is -2.37. The topological polar surface area (TPSA) is 63.6 Å². The van der Waals surface area contributed by atoms with Gasteiger partial charge in [-0.25, -0.2) is 0 Å². The summed E-state index contributed by atoms with van der Waals surface area (Å²) in [5.41, 5.74) is -0.881. The van der Waals surface area contributed by atoms with Gasteiger partial charge in [0.25, 0.3) is 0 Å². The summed E-state index contributed by atoms with van der Waals surface area (Å²) in [6.45, 7) is 6.41. The van der Waals surface area contributed by atoms with Gasteiger partial charge in [-0.05, 0) is 45.4 Å². The number of ether oxygens (including phenoxy) is 1. The van der Waals surface area contributed by atoms with E-state index in [0.29, 0.717) is 12.8 Å². The lowest BCUT2D eigenvalue weighted by atomic mass is 9.67. The Bertz CT molecular complexity index is 691. The van der Waals surface area contributed by atoms with Crippen LogP contribution in [0.3, 0.4) is 0 Å². The molecule has 0 radical (unpaired) electrons. The van der Waals surface area contributed by atoms with E-state index in [1.54, 1.807) is 0 Å². The number of hydrogen-bond donors (Lipinski definition) is 1. The third-order valence-corrected chi connectivity index (χ3v) is 10.8. The van der Waals surface area contributed by atoms with Crippen molar-refractivity contribution in [2.75, 3.05) is 0 Å². The van der Waals surface area contributed by atoms with Gasteiger partial charge in [0, 0.05) is 0 Å². The highest BCUT2D eigenvalue weighted by atomic mass is 16.5. The molecule has 3 atom stereocenters. The predicted octanol–water partition coefficient (Wildman–Crippen LogP) is 13.5. The summed E-state index contributed by atoms with van der Waals surface area (Å²) < 4.78 is 6.19. The molecule has 4 heteroatoms. The zero-order valence-electron chi connectivity index (χ0n) is 30.7. The zero-order chi connectivity index (χ0) is 32.9. The molecule has 0 aliphatic heterocycles. The van der Waals surface area contributed by atoms with Crippen LogP contribution in [0.25, 0.3) is 0 Å². The first-order valence-corrected chi connectivity index (χ1v) is 20.4. The lowest BCUT2D eigenvalue weighted by molar-refractivity contribution is -0.174. The van der Waals surface area contributed by atoms with E-state index >= 15 is 0 Å². The maximum absolute atomic E-state index is 13.4. The quantitative estimate of drug-likeness (QED) is 0.0590. The molecule has 0 bridgehead atoms. The molecule has 0 aromatic rings. The molecule has 0 heterocycles. The molecule has 1 saturated carbocycles. The van der Waals surface area contributed by atoms with E-state index in [-0.39, 0.29) is 12.1 Å². The molecule has 1 aliphatic rings. The van der Waals surface area contributed by atoms with E-state index in [1.165, 1.54) is 161 Å². The van der Waals surface area contributed by atoms with Crippen LogP contribution in [-0.4, -0.2) is 23.1 Å². The van der Waals surface area contributed by atoms with E-state index < -0.39 is 17.3 Å². The Morgan fingerprint density at radius 3 is 1.24 bits per heavy atom. The number of aliphatic carboxylic acids is 1. The molecule has 266 valence electrons. The molecule has 1 aliphatic carbocycles. The third kappa shape index (κ3) is 21.4. The summed E-state index contributed by atoms with van der Waals surface area (Å²) in [4.78, 5) is 25.4. The highest BCUT2D eigenvalue weighted by Gasteiger charge is 2.48. The summed E-state index contributed by atoms with van der Waals surface area (Å²) in [5, 5.41) is 9.83. The van der Waals surface area contributed by atoms with Crippen LogP contribution >= 0.6 is 0 Å². The molecular formula is C41H78O4. The maximum atomic E-state index is 13.4. The largest absolute Gasteiger partial charge is 0.481 e. The maximum Gasteiger partial charge on any atom is 0.312 e. The minimum atomic E-state index is -0.881. The number of unbranched alkanes of at least 4 members (excludes halogenated alkanes) is 25. The molecule has 0 amide bonds. The molecule has 4 nitrogen and oxygen atoms in total. The van der Waals surface area contributed by atoms with E-state index in [0.717, 1.165) is 38.5 Å². The van der Waals surface area contributed by atoms with Crippen molar-refractivity contribution < 1.29 is 19.4 Å². The molecule has 45 heavy (non-hydrogen) atoms. The second-order valence-corrected chi connectivity index (χ2v) is 15.0. The van der Waals surface area contributed by atoms with Crippen molar-refractivity contribution in [3.63, 3.8) is 0 Å². The van der Waals surface area contributed by atoms with E-state index in [4.69, 9.17) is 4.74 Å². The zero-order valence-corrected chi connectivity index (χ0v) is 30.7. The summed E-state index contributed by atoms with van der Waals surface area (Å²) in [6.07, 6.45) is 41.0. The molecule has 1 rings (SSSR count). The van der Waals surface area contributed by atoms with Gasteiger partial charge < -0.3 is 9.84 Å². The van der Waals surface area contributed by atoms with Gasteiger partial charge in [0.1, 0.15) is 6.10 Å².